The second-order valence-electron chi connectivity index (χ2n) is 2.93. The molecule has 69 valence electrons. The van der Waals surface area contributed by atoms with E-state index in [0.717, 1.165) is 24.3 Å². The van der Waals surface area contributed by atoms with E-state index in [1.165, 1.54) is 5.56 Å². The summed E-state index contributed by atoms with van der Waals surface area (Å²) in [6, 6.07) is 8.00. The van der Waals surface area contributed by atoms with Crippen molar-refractivity contribution in [1.82, 2.24) is 0 Å². The fourth-order valence-corrected chi connectivity index (χ4v) is 1.26. The van der Waals surface area contributed by atoms with E-state index in [9.17, 15) is 0 Å². The molecule has 0 fully saturated rings. The van der Waals surface area contributed by atoms with Gasteiger partial charge in [0, 0.05) is 5.02 Å². The number of aryl methyl sites for hydroxylation is 1. The van der Waals surface area contributed by atoms with Crippen LogP contribution >= 0.6 is 11.6 Å². The monoisotopic (exact) mass is 193 g/mol. The number of rotatable bonds is 4. The minimum Gasteiger partial charge on any atom is -0.0885 e. The van der Waals surface area contributed by atoms with Crippen LogP contribution in [0.1, 0.15) is 18.4 Å². The lowest BCUT2D eigenvalue weighted by Crippen LogP contribution is -1.81. The maximum absolute atomic E-state index is 5.77. The van der Waals surface area contributed by atoms with E-state index in [1.807, 2.05) is 12.1 Å². The quantitative estimate of drug-likeness (QED) is 0.633. The Morgan fingerprint density at radius 3 is 2.46 bits per heavy atom. The summed E-state index contributed by atoms with van der Waals surface area (Å²) in [4.78, 5) is 0. The van der Waals surface area contributed by atoms with Gasteiger partial charge in [0.1, 0.15) is 0 Å². The van der Waals surface area contributed by atoms with Crippen LogP contribution < -0.4 is 0 Å². The van der Waals surface area contributed by atoms with Gasteiger partial charge in [0.05, 0.1) is 0 Å². The number of allylic oxidation sites excluding steroid dienone is 2. The van der Waals surface area contributed by atoms with Crippen molar-refractivity contribution in [3.63, 3.8) is 0 Å². The lowest BCUT2D eigenvalue weighted by atomic mass is 10.1. The summed E-state index contributed by atoms with van der Waals surface area (Å²) in [5.41, 5.74) is 1.33. The smallest absolute Gasteiger partial charge is 0.0406 e. The van der Waals surface area contributed by atoms with Crippen LogP contribution in [0.3, 0.4) is 0 Å². The maximum Gasteiger partial charge on any atom is 0.0406 e. The largest absolute Gasteiger partial charge is 0.0885 e. The Labute approximate surface area is 85.2 Å². The Hall–Kier alpha value is -0.750. The molecule has 1 aromatic rings. The molecule has 0 spiro atoms. The molecule has 0 saturated heterocycles. The van der Waals surface area contributed by atoms with E-state index in [4.69, 9.17) is 11.6 Å². The van der Waals surface area contributed by atoms with Crippen molar-refractivity contribution in [3.05, 3.63) is 53.9 Å². The van der Waals surface area contributed by atoms with Gasteiger partial charge < -0.3 is 0 Å². The van der Waals surface area contributed by atoms with Gasteiger partial charge >= 0.3 is 0 Å². The zero-order chi connectivity index (χ0) is 9.52. The third kappa shape index (κ3) is 4.14. The summed E-state index contributed by atoms with van der Waals surface area (Å²) < 4.78 is 0. The molecule has 0 N–H and O–H groups in total. The topological polar surface area (TPSA) is 0 Å². The molecule has 0 heterocycles. The van der Waals surface area contributed by atoms with Crippen molar-refractivity contribution in [2.45, 2.75) is 19.3 Å². The first-order chi connectivity index (χ1) is 6.33. The fourth-order valence-electron chi connectivity index (χ4n) is 1.14. The number of hydrogen-bond donors (Lipinski definition) is 0. The first-order valence-electron chi connectivity index (χ1n) is 4.51. The molecule has 0 saturated carbocycles. The first-order valence-corrected chi connectivity index (χ1v) is 4.89. The van der Waals surface area contributed by atoms with Crippen molar-refractivity contribution in [1.29, 1.82) is 0 Å². The highest BCUT2D eigenvalue weighted by atomic mass is 35.5. The highest BCUT2D eigenvalue weighted by Gasteiger charge is 1.90. The SMILES string of the molecule is [CH2]CC=CCCc1ccc(Cl)cc1. The molecule has 0 amide bonds. The van der Waals surface area contributed by atoms with E-state index in [1.54, 1.807) is 0 Å². The maximum atomic E-state index is 5.77. The van der Waals surface area contributed by atoms with Crippen molar-refractivity contribution in [2.75, 3.05) is 0 Å². The van der Waals surface area contributed by atoms with E-state index in [2.05, 4.69) is 31.2 Å². The van der Waals surface area contributed by atoms with Gasteiger partial charge in [-0.25, -0.2) is 0 Å². The normalized spacial score (nSPS) is 10.9. The number of hydrogen-bond acceptors (Lipinski definition) is 0. The molecular weight excluding hydrogens is 180 g/mol. The molecule has 0 aromatic heterocycles. The van der Waals surface area contributed by atoms with Crippen molar-refractivity contribution < 1.29 is 0 Å². The summed E-state index contributed by atoms with van der Waals surface area (Å²) in [5, 5.41) is 0.803. The van der Waals surface area contributed by atoms with Gasteiger partial charge in [0.25, 0.3) is 0 Å². The van der Waals surface area contributed by atoms with Gasteiger partial charge in [-0.1, -0.05) is 35.9 Å². The van der Waals surface area contributed by atoms with Crippen LogP contribution in [0.15, 0.2) is 36.4 Å². The molecular formula is C12H14Cl. The van der Waals surface area contributed by atoms with E-state index in [0.29, 0.717) is 0 Å². The van der Waals surface area contributed by atoms with Crippen molar-refractivity contribution >= 4 is 11.6 Å². The third-order valence-corrected chi connectivity index (χ3v) is 2.10. The van der Waals surface area contributed by atoms with Crippen LogP contribution in [-0.2, 0) is 6.42 Å². The number of halogens is 1. The Morgan fingerprint density at radius 2 is 1.85 bits per heavy atom. The molecule has 0 aliphatic rings. The summed E-state index contributed by atoms with van der Waals surface area (Å²) in [7, 11) is 0. The van der Waals surface area contributed by atoms with Crippen molar-refractivity contribution in [3.8, 4) is 0 Å². The molecule has 13 heavy (non-hydrogen) atoms. The molecule has 0 aliphatic carbocycles. The van der Waals surface area contributed by atoms with E-state index >= 15 is 0 Å². The summed E-state index contributed by atoms with van der Waals surface area (Å²) in [6.07, 6.45) is 7.29. The Balaban J connectivity index is 2.37. The van der Waals surface area contributed by atoms with Crippen LogP contribution in [0.2, 0.25) is 5.02 Å². The lowest BCUT2D eigenvalue weighted by molar-refractivity contribution is 0.996. The summed E-state index contributed by atoms with van der Waals surface area (Å²) >= 11 is 5.77. The molecule has 0 nitrogen and oxygen atoms in total. The van der Waals surface area contributed by atoms with Gasteiger partial charge in [0.2, 0.25) is 0 Å². The van der Waals surface area contributed by atoms with Gasteiger partial charge in [-0.05, 0) is 43.9 Å². The standard InChI is InChI=1S/C12H14Cl/c1-2-3-4-5-6-11-7-9-12(13)10-8-11/h3-4,7-10H,1-2,5-6H2. The predicted octanol–water partition coefficient (Wildman–Crippen LogP) is 4.05. The zero-order valence-corrected chi connectivity index (χ0v) is 8.43. The van der Waals surface area contributed by atoms with Gasteiger partial charge in [0.15, 0.2) is 0 Å². The third-order valence-electron chi connectivity index (χ3n) is 1.85. The van der Waals surface area contributed by atoms with Crippen LogP contribution in [0, 0.1) is 6.92 Å². The zero-order valence-electron chi connectivity index (χ0n) is 7.67. The minimum atomic E-state index is 0.803. The highest BCUT2D eigenvalue weighted by Crippen LogP contribution is 2.10. The molecule has 0 bridgehead atoms. The summed E-state index contributed by atoms with van der Waals surface area (Å²) in [5.74, 6) is 0. The van der Waals surface area contributed by atoms with Gasteiger partial charge in [-0.15, -0.1) is 0 Å². The molecule has 1 rings (SSSR count). The molecule has 0 aliphatic heterocycles. The Kier molecular flexibility index (Phi) is 4.63. The Bertz CT molecular complexity index is 259. The van der Waals surface area contributed by atoms with Crippen LogP contribution in [0.5, 0.6) is 0 Å². The van der Waals surface area contributed by atoms with E-state index < -0.39 is 0 Å². The minimum absolute atomic E-state index is 0.803. The number of benzene rings is 1. The first kappa shape index (κ1) is 10.3. The van der Waals surface area contributed by atoms with E-state index in [-0.39, 0.29) is 0 Å². The highest BCUT2D eigenvalue weighted by molar-refractivity contribution is 6.30. The summed E-state index contributed by atoms with van der Waals surface area (Å²) in [6.45, 7) is 3.74. The molecule has 0 atom stereocenters. The van der Waals surface area contributed by atoms with Crippen LogP contribution in [0.4, 0.5) is 0 Å². The van der Waals surface area contributed by atoms with Crippen molar-refractivity contribution in [2.24, 2.45) is 0 Å². The lowest BCUT2D eigenvalue weighted by Gasteiger charge is -1.97. The predicted molar refractivity (Wildman–Crippen MR) is 58.9 cm³/mol. The molecule has 1 radical (unpaired) electrons. The average molecular weight is 194 g/mol. The van der Waals surface area contributed by atoms with Gasteiger partial charge in [-0.3, -0.25) is 0 Å². The fraction of sp³-hybridized carbons (Fsp3) is 0.250. The molecule has 0 unspecified atom stereocenters. The van der Waals surface area contributed by atoms with Gasteiger partial charge in [-0.2, -0.15) is 0 Å². The second kappa shape index (κ2) is 5.82. The molecule has 1 aromatic carbocycles. The van der Waals surface area contributed by atoms with Crippen LogP contribution in [-0.4, -0.2) is 0 Å². The Morgan fingerprint density at radius 1 is 1.15 bits per heavy atom. The second-order valence-corrected chi connectivity index (χ2v) is 3.36. The molecule has 1 heteroatoms. The average Bonchev–Trinajstić information content (AvgIpc) is 2.15. The van der Waals surface area contributed by atoms with Crippen LogP contribution in [0.25, 0.3) is 0 Å².